The van der Waals surface area contributed by atoms with E-state index in [1.807, 2.05) is 25.1 Å². The Hall–Kier alpha value is -3.89. The van der Waals surface area contributed by atoms with Crippen molar-refractivity contribution in [1.29, 1.82) is 0 Å². The average Bonchev–Trinajstić information content (AvgIpc) is 3.67. The van der Waals surface area contributed by atoms with E-state index in [1.165, 1.54) is 4.68 Å². The fraction of sp³-hybridized carbons (Fsp3) is 0.552. The van der Waals surface area contributed by atoms with Gasteiger partial charge >= 0.3 is 6.03 Å². The molecule has 1 saturated heterocycles. The molecule has 214 valence electrons. The van der Waals surface area contributed by atoms with Gasteiger partial charge in [-0.15, -0.1) is 0 Å². The largest absolute Gasteiger partial charge is 0.357 e. The van der Waals surface area contributed by atoms with Crippen LogP contribution >= 0.6 is 0 Å². The molecule has 0 radical (unpaired) electrons. The molecule has 1 aromatic heterocycles. The van der Waals surface area contributed by atoms with Gasteiger partial charge in [0.1, 0.15) is 17.3 Å². The second-order valence-electron chi connectivity index (χ2n) is 11.3. The summed E-state index contributed by atoms with van der Waals surface area (Å²) in [5.74, 6) is -0.746. The highest BCUT2D eigenvalue weighted by molar-refractivity contribution is 6.01. The number of amides is 5. The first-order chi connectivity index (χ1) is 19.3. The highest BCUT2D eigenvalue weighted by atomic mass is 16.2. The number of likely N-dealkylation sites (N-methyl/N-ethyl adjacent to an activating group) is 1. The molecule has 2 aromatic rings. The molecule has 11 heteroatoms. The normalized spacial score (nSPS) is 23.3. The fourth-order valence-electron chi connectivity index (χ4n) is 6.54. The monoisotopic (exact) mass is 549 g/mol. The van der Waals surface area contributed by atoms with E-state index in [-0.39, 0.29) is 35.7 Å². The van der Waals surface area contributed by atoms with Gasteiger partial charge in [0.25, 0.3) is 5.91 Å². The molecule has 40 heavy (non-hydrogen) atoms. The number of aryl methyl sites for hydroxylation is 1. The zero-order valence-electron chi connectivity index (χ0n) is 23.5. The standard InChI is InChI=1S/C29H39N7O4/c1-4-21-17-36(28(40)33-21)29(27(39)30-2)15-19-10-11-22(14-20(19)16-29)32-26(38)24(18-8-6-5-7-9-18)34-25(37)23-12-13-31-35(23)3/h10-14,18,21,24H,4-9,15-17H2,1-3H3,(H,30,39)(H,32,38)(H,33,40)(H,34,37)/t21-,24+,29?/m1/s1. The maximum atomic E-state index is 13.6. The quantitative estimate of drug-likeness (QED) is 0.400. The van der Waals surface area contributed by atoms with Crippen LogP contribution in [0.1, 0.15) is 67.1 Å². The number of urea groups is 1. The van der Waals surface area contributed by atoms with Crippen LogP contribution in [0.3, 0.4) is 0 Å². The predicted octanol–water partition coefficient (Wildman–Crippen LogP) is 2.12. The van der Waals surface area contributed by atoms with Gasteiger partial charge in [-0.2, -0.15) is 5.10 Å². The molecule has 2 aliphatic carbocycles. The maximum absolute atomic E-state index is 13.6. The Morgan fingerprint density at radius 3 is 2.52 bits per heavy atom. The molecular weight excluding hydrogens is 510 g/mol. The predicted molar refractivity (Wildman–Crippen MR) is 150 cm³/mol. The summed E-state index contributed by atoms with van der Waals surface area (Å²) in [6.45, 7) is 2.49. The van der Waals surface area contributed by atoms with Crippen LogP contribution in [0.5, 0.6) is 0 Å². The zero-order valence-corrected chi connectivity index (χ0v) is 23.5. The number of carbonyl (C=O) groups excluding carboxylic acids is 4. The molecule has 3 atom stereocenters. The number of hydrogen-bond donors (Lipinski definition) is 4. The number of nitrogens with zero attached hydrogens (tertiary/aromatic N) is 3. The zero-order chi connectivity index (χ0) is 28.4. The third-order valence-electron chi connectivity index (χ3n) is 8.82. The number of fused-ring (bicyclic) bond motifs is 1. The van der Waals surface area contributed by atoms with E-state index >= 15 is 0 Å². The van der Waals surface area contributed by atoms with Crippen LogP contribution in [-0.4, -0.2) is 69.6 Å². The summed E-state index contributed by atoms with van der Waals surface area (Å²) in [7, 11) is 3.29. The van der Waals surface area contributed by atoms with Gasteiger partial charge in [-0.05, 0) is 54.5 Å². The SMILES string of the molecule is CC[C@@H]1CN(C2(C(=O)NC)Cc3ccc(NC(=O)[C@@H](NC(=O)c4ccnn4C)C4CCCCC4)cc3C2)C(=O)N1. The third kappa shape index (κ3) is 5.16. The van der Waals surface area contributed by atoms with Crippen molar-refractivity contribution in [2.75, 3.05) is 18.9 Å². The molecule has 2 fully saturated rings. The lowest BCUT2D eigenvalue weighted by Gasteiger charge is -2.36. The molecule has 3 aliphatic rings. The van der Waals surface area contributed by atoms with E-state index in [0.29, 0.717) is 30.8 Å². The molecule has 1 aromatic carbocycles. The third-order valence-corrected chi connectivity index (χ3v) is 8.82. The molecule has 0 spiro atoms. The summed E-state index contributed by atoms with van der Waals surface area (Å²) in [6, 6.07) is 6.38. The van der Waals surface area contributed by atoms with Crippen molar-refractivity contribution in [1.82, 2.24) is 30.6 Å². The van der Waals surface area contributed by atoms with Crippen LogP contribution in [0.25, 0.3) is 0 Å². The highest BCUT2D eigenvalue weighted by Gasteiger charge is 2.52. The smallest absolute Gasteiger partial charge is 0.318 e. The number of aromatic nitrogens is 2. The summed E-state index contributed by atoms with van der Waals surface area (Å²) in [6.07, 6.45) is 8.05. The minimum Gasteiger partial charge on any atom is -0.357 e. The first kappa shape index (κ1) is 27.7. The molecule has 1 unspecified atom stereocenters. The van der Waals surface area contributed by atoms with Crippen molar-refractivity contribution in [2.45, 2.75) is 75.9 Å². The van der Waals surface area contributed by atoms with Crippen molar-refractivity contribution >= 4 is 29.4 Å². The molecule has 0 bridgehead atoms. The lowest BCUT2D eigenvalue weighted by molar-refractivity contribution is -0.130. The van der Waals surface area contributed by atoms with Crippen LogP contribution in [0, 0.1) is 5.92 Å². The van der Waals surface area contributed by atoms with E-state index in [4.69, 9.17) is 0 Å². The Kier molecular flexibility index (Phi) is 7.82. The number of benzene rings is 1. The van der Waals surface area contributed by atoms with E-state index in [9.17, 15) is 19.2 Å². The number of carbonyl (C=O) groups is 4. The van der Waals surface area contributed by atoms with Gasteiger partial charge in [-0.3, -0.25) is 19.1 Å². The second kappa shape index (κ2) is 11.3. The van der Waals surface area contributed by atoms with Crippen LogP contribution in [-0.2, 0) is 29.5 Å². The lowest BCUT2D eigenvalue weighted by Crippen LogP contribution is -2.60. The summed E-state index contributed by atoms with van der Waals surface area (Å²) in [5, 5.41) is 15.8. The van der Waals surface area contributed by atoms with Crippen LogP contribution < -0.4 is 21.3 Å². The average molecular weight is 550 g/mol. The molecule has 2 heterocycles. The van der Waals surface area contributed by atoms with Crippen LogP contribution in [0.4, 0.5) is 10.5 Å². The maximum Gasteiger partial charge on any atom is 0.318 e. The summed E-state index contributed by atoms with van der Waals surface area (Å²) < 4.78 is 1.49. The Labute approximate surface area is 234 Å². The highest BCUT2D eigenvalue weighted by Crippen LogP contribution is 2.38. The van der Waals surface area contributed by atoms with Crippen molar-refractivity contribution in [3.63, 3.8) is 0 Å². The summed E-state index contributed by atoms with van der Waals surface area (Å²) in [4.78, 5) is 54.4. The van der Waals surface area contributed by atoms with Crippen LogP contribution in [0.15, 0.2) is 30.5 Å². The minimum absolute atomic E-state index is 0.00543. The first-order valence-electron chi connectivity index (χ1n) is 14.3. The van der Waals surface area contributed by atoms with Crippen molar-refractivity contribution < 1.29 is 19.2 Å². The number of hydrogen-bond acceptors (Lipinski definition) is 5. The Morgan fingerprint density at radius 1 is 1.12 bits per heavy atom. The van der Waals surface area contributed by atoms with E-state index < -0.39 is 11.6 Å². The first-order valence-corrected chi connectivity index (χ1v) is 14.3. The fourth-order valence-corrected chi connectivity index (χ4v) is 6.54. The van der Waals surface area contributed by atoms with E-state index in [0.717, 1.165) is 49.7 Å². The molecular formula is C29H39N7O4. The summed E-state index contributed by atoms with van der Waals surface area (Å²) in [5.41, 5.74) is 1.87. The summed E-state index contributed by atoms with van der Waals surface area (Å²) >= 11 is 0. The van der Waals surface area contributed by atoms with Gasteiger partial charge in [0.2, 0.25) is 11.8 Å². The van der Waals surface area contributed by atoms with Gasteiger partial charge in [-0.25, -0.2) is 4.79 Å². The number of rotatable bonds is 8. The molecule has 11 nitrogen and oxygen atoms in total. The van der Waals surface area contributed by atoms with Crippen molar-refractivity contribution in [3.05, 3.63) is 47.3 Å². The van der Waals surface area contributed by atoms with E-state index in [2.05, 4.69) is 26.4 Å². The Morgan fingerprint density at radius 2 is 1.88 bits per heavy atom. The van der Waals surface area contributed by atoms with Crippen molar-refractivity contribution in [3.8, 4) is 0 Å². The van der Waals surface area contributed by atoms with E-state index in [1.54, 1.807) is 31.3 Å². The Bertz CT molecular complexity index is 1300. The molecule has 5 amide bonds. The number of nitrogens with one attached hydrogen (secondary N) is 4. The van der Waals surface area contributed by atoms with Gasteiger partial charge < -0.3 is 26.2 Å². The van der Waals surface area contributed by atoms with Gasteiger partial charge in [0.05, 0.1) is 0 Å². The topological polar surface area (TPSA) is 137 Å². The molecule has 4 N–H and O–H groups in total. The van der Waals surface area contributed by atoms with Gasteiger partial charge in [0, 0.05) is 51.4 Å². The van der Waals surface area contributed by atoms with Crippen molar-refractivity contribution in [2.24, 2.45) is 13.0 Å². The minimum atomic E-state index is -1.02. The van der Waals surface area contributed by atoms with Gasteiger partial charge in [0.15, 0.2) is 0 Å². The number of anilines is 1. The molecule has 1 saturated carbocycles. The molecule has 5 rings (SSSR count). The Balaban J connectivity index is 1.35. The second-order valence-corrected chi connectivity index (χ2v) is 11.3. The van der Waals surface area contributed by atoms with Gasteiger partial charge in [-0.1, -0.05) is 32.3 Å². The lowest BCUT2D eigenvalue weighted by atomic mass is 9.83. The molecule has 1 aliphatic heterocycles. The van der Waals surface area contributed by atoms with Crippen LogP contribution in [0.2, 0.25) is 0 Å².